The average Bonchev–Trinajstić information content (AvgIpc) is 3.40. The number of fused-ring (bicyclic) bond motifs is 1. The lowest BCUT2D eigenvalue weighted by Gasteiger charge is -2.33. The minimum atomic E-state index is -3.28. The van der Waals surface area contributed by atoms with Crippen molar-refractivity contribution in [2.24, 2.45) is 0 Å². The van der Waals surface area contributed by atoms with E-state index in [1.807, 2.05) is 36.4 Å². The summed E-state index contributed by atoms with van der Waals surface area (Å²) in [5, 5.41) is 9.93. The van der Waals surface area contributed by atoms with Gasteiger partial charge in [0.25, 0.3) is 5.91 Å². The zero-order valence-corrected chi connectivity index (χ0v) is 19.8. The summed E-state index contributed by atoms with van der Waals surface area (Å²) in [4.78, 5) is 17.4. The second-order valence-electron chi connectivity index (χ2n) is 8.92. The van der Waals surface area contributed by atoms with Crippen LogP contribution in [0, 0.1) is 0 Å². The van der Waals surface area contributed by atoms with Crippen molar-refractivity contribution in [1.82, 2.24) is 14.5 Å². The Balaban J connectivity index is 1.46. The van der Waals surface area contributed by atoms with Gasteiger partial charge in [-0.3, -0.25) is 9.69 Å². The molecule has 8 nitrogen and oxygen atoms in total. The van der Waals surface area contributed by atoms with E-state index in [1.165, 1.54) is 0 Å². The number of carbonyl (C=O) groups is 1. The lowest BCUT2D eigenvalue weighted by molar-refractivity contribution is -0.139. The third kappa shape index (κ3) is 5.92. The molecule has 2 aliphatic rings. The van der Waals surface area contributed by atoms with E-state index in [1.54, 1.807) is 24.1 Å². The molecule has 0 radical (unpaired) electrons. The Labute approximate surface area is 195 Å². The molecule has 9 heteroatoms. The van der Waals surface area contributed by atoms with Gasteiger partial charge in [0.05, 0.1) is 18.4 Å². The fourth-order valence-corrected chi connectivity index (χ4v) is 4.92. The summed E-state index contributed by atoms with van der Waals surface area (Å²) in [5.74, 6) is 0.555. The van der Waals surface area contributed by atoms with E-state index in [-0.39, 0.29) is 24.6 Å². The van der Waals surface area contributed by atoms with E-state index < -0.39 is 16.1 Å². The van der Waals surface area contributed by atoms with Crippen molar-refractivity contribution in [1.29, 1.82) is 0 Å². The highest BCUT2D eigenvalue weighted by molar-refractivity contribution is 7.88. The molecular formula is C24H31N3O5S. The number of aliphatic hydroxyl groups excluding tert-OH is 1. The van der Waals surface area contributed by atoms with Gasteiger partial charge in [0.2, 0.25) is 10.0 Å². The van der Waals surface area contributed by atoms with Gasteiger partial charge < -0.3 is 14.7 Å². The van der Waals surface area contributed by atoms with Crippen molar-refractivity contribution < 1.29 is 23.1 Å². The Morgan fingerprint density at radius 3 is 2.70 bits per heavy atom. The normalized spacial score (nSPS) is 21.4. The molecule has 2 aliphatic heterocycles. The van der Waals surface area contributed by atoms with E-state index in [0.717, 1.165) is 35.9 Å². The first-order chi connectivity index (χ1) is 15.7. The first-order valence-electron chi connectivity index (χ1n) is 11.1. The van der Waals surface area contributed by atoms with Crippen molar-refractivity contribution in [3.05, 3.63) is 65.2 Å². The van der Waals surface area contributed by atoms with Crippen LogP contribution in [0.4, 0.5) is 0 Å². The molecule has 2 aromatic rings. The molecule has 2 aromatic carbocycles. The molecule has 0 saturated carbocycles. The molecule has 2 N–H and O–H groups in total. The van der Waals surface area contributed by atoms with E-state index >= 15 is 0 Å². The van der Waals surface area contributed by atoms with E-state index in [9.17, 15) is 18.3 Å². The summed E-state index contributed by atoms with van der Waals surface area (Å²) in [6.07, 6.45) is 1.37. The maximum atomic E-state index is 13.5. The van der Waals surface area contributed by atoms with Crippen LogP contribution in [0.2, 0.25) is 0 Å². The molecule has 1 unspecified atom stereocenters. The summed E-state index contributed by atoms with van der Waals surface area (Å²) in [5.41, 5.74) is 2.76. The predicted molar refractivity (Wildman–Crippen MR) is 125 cm³/mol. The molecule has 0 aliphatic carbocycles. The lowest BCUT2D eigenvalue weighted by atomic mass is 10.0. The summed E-state index contributed by atoms with van der Waals surface area (Å²) in [6.45, 7) is 2.26. The third-order valence-corrected chi connectivity index (χ3v) is 6.96. The van der Waals surface area contributed by atoms with E-state index in [0.29, 0.717) is 25.3 Å². The van der Waals surface area contributed by atoms with Crippen LogP contribution in [0.1, 0.15) is 29.2 Å². The van der Waals surface area contributed by atoms with Gasteiger partial charge in [-0.15, -0.1) is 0 Å². The van der Waals surface area contributed by atoms with Crippen LogP contribution in [0.15, 0.2) is 48.5 Å². The monoisotopic (exact) mass is 473 g/mol. The van der Waals surface area contributed by atoms with Gasteiger partial charge in [0.1, 0.15) is 5.75 Å². The number of nitrogens with one attached hydrogen (secondary N) is 1. The zero-order chi connectivity index (χ0) is 23.6. The molecule has 1 saturated heterocycles. The van der Waals surface area contributed by atoms with Gasteiger partial charge in [-0.1, -0.05) is 42.5 Å². The number of hydrogen-bond acceptors (Lipinski definition) is 6. The van der Waals surface area contributed by atoms with Gasteiger partial charge in [-0.2, -0.15) is 0 Å². The predicted octanol–water partition coefficient (Wildman–Crippen LogP) is 1.31. The number of hydrogen-bond donors (Lipinski definition) is 2. The molecule has 3 atom stereocenters. The molecule has 4 rings (SSSR count). The Morgan fingerprint density at radius 1 is 1.27 bits per heavy atom. The van der Waals surface area contributed by atoms with E-state index in [2.05, 4.69) is 9.62 Å². The number of likely N-dealkylation sites (N-methyl/N-ethyl adjacent to an activating group) is 1. The number of likely N-dealkylation sites (tertiary alicyclic amines) is 1. The largest absolute Gasteiger partial charge is 0.480 e. The SMILES string of the molecule is CN(C(=O)C1Cc2cc(CNS(C)(=O)=O)ccc2O1)[C@H](CN1CC[C@H](O)C1)c1ccccc1. The number of β-amino-alcohol motifs (C(OH)–C–C–N with tert-alkyl or cyclic N) is 1. The summed E-state index contributed by atoms with van der Waals surface area (Å²) >= 11 is 0. The van der Waals surface area contributed by atoms with Crippen LogP contribution in [-0.4, -0.2) is 74.4 Å². The quantitative estimate of drug-likeness (QED) is 0.600. The third-order valence-electron chi connectivity index (χ3n) is 6.29. The minimum absolute atomic E-state index is 0.101. The molecule has 0 aromatic heterocycles. The number of benzene rings is 2. The number of rotatable bonds is 8. The smallest absolute Gasteiger partial charge is 0.264 e. The van der Waals surface area contributed by atoms with Crippen LogP contribution in [0.3, 0.4) is 0 Å². The fourth-order valence-electron chi connectivity index (χ4n) is 4.49. The Hall–Kier alpha value is -2.46. The highest BCUT2D eigenvalue weighted by Crippen LogP contribution is 2.32. The Kier molecular flexibility index (Phi) is 7.04. The molecule has 0 bridgehead atoms. The maximum Gasteiger partial charge on any atom is 0.264 e. The first kappa shape index (κ1) is 23.7. The van der Waals surface area contributed by atoms with Crippen molar-refractivity contribution in [2.75, 3.05) is 32.9 Å². The van der Waals surface area contributed by atoms with Gasteiger partial charge in [0, 0.05) is 39.6 Å². The first-order valence-corrected chi connectivity index (χ1v) is 13.0. The summed E-state index contributed by atoms with van der Waals surface area (Å²) < 4.78 is 31.2. The molecular weight excluding hydrogens is 442 g/mol. The lowest BCUT2D eigenvalue weighted by Crippen LogP contribution is -2.44. The summed E-state index contributed by atoms with van der Waals surface area (Å²) in [7, 11) is -1.48. The van der Waals surface area contributed by atoms with Crippen LogP contribution < -0.4 is 9.46 Å². The van der Waals surface area contributed by atoms with Gasteiger partial charge in [-0.25, -0.2) is 13.1 Å². The van der Waals surface area contributed by atoms with E-state index in [4.69, 9.17) is 4.74 Å². The number of sulfonamides is 1. The zero-order valence-electron chi connectivity index (χ0n) is 19.0. The molecule has 1 fully saturated rings. The number of carbonyl (C=O) groups excluding carboxylic acids is 1. The Morgan fingerprint density at radius 2 is 2.03 bits per heavy atom. The topological polar surface area (TPSA) is 99.2 Å². The minimum Gasteiger partial charge on any atom is -0.480 e. The standard InChI is InChI=1S/C24H31N3O5S/c1-26(21(18-6-4-3-5-7-18)16-27-11-10-20(28)15-27)24(29)23-13-19-12-17(8-9-22(19)32-23)14-25-33(2,30)31/h3-9,12,20-21,23,25,28H,10-11,13-16H2,1-2H3/t20-,21+,23?/m0/s1. The maximum absolute atomic E-state index is 13.5. The van der Waals surface area contributed by atoms with Crippen LogP contribution in [-0.2, 0) is 27.8 Å². The Bertz CT molecular complexity index is 1090. The second-order valence-corrected chi connectivity index (χ2v) is 10.8. The number of ether oxygens (including phenoxy) is 1. The van der Waals surface area contributed by atoms with Crippen molar-refractivity contribution in [3.8, 4) is 5.75 Å². The van der Waals surface area contributed by atoms with Gasteiger partial charge >= 0.3 is 0 Å². The molecule has 33 heavy (non-hydrogen) atoms. The molecule has 2 heterocycles. The fraction of sp³-hybridized carbons (Fsp3) is 0.458. The van der Waals surface area contributed by atoms with Crippen molar-refractivity contribution >= 4 is 15.9 Å². The number of nitrogens with zero attached hydrogens (tertiary/aromatic N) is 2. The van der Waals surface area contributed by atoms with Crippen molar-refractivity contribution in [2.45, 2.75) is 37.6 Å². The molecule has 1 amide bonds. The second kappa shape index (κ2) is 9.80. The van der Waals surface area contributed by atoms with Crippen molar-refractivity contribution in [3.63, 3.8) is 0 Å². The highest BCUT2D eigenvalue weighted by Gasteiger charge is 2.35. The highest BCUT2D eigenvalue weighted by atomic mass is 32.2. The number of aliphatic hydroxyl groups is 1. The average molecular weight is 474 g/mol. The summed E-state index contributed by atoms with van der Waals surface area (Å²) in [6, 6.07) is 15.3. The van der Waals surface area contributed by atoms with Crippen LogP contribution in [0.5, 0.6) is 5.75 Å². The van der Waals surface area contributed by atoms with Crippen LogP contribution >= 0.6 is 0 Å². The molecule has 178 valence electrons. The van der Waals surface area contributed by atoms with Crippen LogP contribution in [0.25, 0.3) is 0 Å². The van der Waals surface area contributed by atoms with Gasteiger partial charge in [-0.05, 0) is 29.2 Å². The molecule has 0 spiro atoms. The van der Waals surface area contributed by atoms with Gasteiger partial charge in [0.15, 0.2) is 6.10 Å². The number of amides is 1.